The van der Waals surface area contributed by atoms with Gasteiger partial charge in [0.15, 0.2) is 0 Å². The monoisotopic (exact) mass is 253 g/mol. The third-order valence-electron chi connectivity index (χ3n) is 2.66. The SMILES string of the molecule is CNc1ccccc1-c1nc(-c2ccncn2)no1. The molecule has 3 aromatic rings. The molecule has 0 bridgehead atoms. The number of aromatic nitrogens is 4. The molecule has 0 unspecified atom stereocenters. The second-order valence-corrected chi connectivity index (χ2v) is 3.81. The number of hydrogen-bond acceptors (Lipinski definition) is 6. The Bertz CT molecular complexity index is 680. The van der Waals surface area contributed by atoms with Crippen molar-refractivity contribution in [3.63, 3.8) is 0 Å². The number of anilines is 1. The smallest absolute Gasteiger partial charge is 0.260 e. The quantitative estimate of drug-likeness (QED) is 0.771. The average Bonchev–Trinajstić information content (AvgIpc) is 2.98. The van der Waals surface area contributed by atoms with E-state index in [1.54, 1.807) is 12.3 Å². The number of hydrogen-bond donors (Lipinski definition) is 1. The van der Waals surface area contributed by atoms with Crippen molar-refractivity contribution in [2.24, 2.45) is 0 Å². The summed E-state index contributed by atoms with van der Waals surface area (Å²) in [6.45, 7) is 0. The molecule has 2 aromatic heterocycles. The Hall–Kier alpha value is -2.76. The molecule has 0 spiro atoms. The molecule has 94 valence electrons. The fourth-order valence-electron chi connectivity index (χ4n) is 1.75. The van der Waals surface area contributed by atoms with Crippen LogP contribution in [-0.4, -0.2) is 27.2 Å². The van der Waals surface area contributed by atoms with E-state index < -0.39 is 0 Å². The lowest BCUT2D eigenvalue weighted by Crippen LogP contribution is -1.91. The van der Waals surface area contributed by atoms with E-state index in [1.807, 2.05) is 31.3 Å². The molecule has 0 atom stereocenters. The predicted octanol–water partition coefficient (Wildman–Crippen LogP) is 2.24. The number of para-hydroxylation sites is 1. The van der Waals surface area contributed by atoms with Crippen LogP contribution in [0.3, 0.4) is 0 Å². The van der Waals surface area contributed by atoms with Gasteiger partial charge in [0, 0.05) is 18.9 Å². The topological polar surface area (TPSA) is 76.7 Å². The summed E-state index contributed by atoms with van der Waals surface area (Å²) in [6.07, 6.45) is 3.09. The molecule has 0 saturated carbocycles. The van der Waals surface area contributed by atoms with Crippen LogP contribution in [0.15, 0.2) is 47.4 Å². The van der Waals surface area contributed by atoms with Crippen molar-refractivity contribution in [1.29, 1.82) is 0 Å². The van der Waals surface area contributed by atoms with Crippen molar-refractivity contribution in [3.05, 3.63) is 42.9 Å². The number of rotatable bonds is 3. The molecule has 1 N–H and O–H groups in total. The van der Waals surface area contributed by atoms with E-state index in [1.165, 1.54) is 6.33 Å². The molecule has 6 nitrogen and oxygen atoms in total. The van der Waals surface area contributed by atoms with Crippen molar-refractivity contribution in [2.75, 3.05) is 12.4 Å². The van der Waals surface area contributed by atoms with Crippen LogP contribution in [0.5, 0.6) is 0 Å². The van der Waals surface area contributed by atoms with Gasteiger partial charge in [0.25, 0.3) is 5.89 Å². The Morgan fingerprint density at radius 1 is 1.16 bits per heavy atom. The number of nitrogens with one attached hydrogen (secondary N) is 1. The molecule has 0 aliphatic rings. The second kappa shape index (κ2) is 4.85. The fourth-order valence-corrected chi connectivity index (χ4v) is 1.75. The highest BCUT2D eigenvalue weighted by Crippen LogP contribution is 2.27. The van der Waals surface area contributed by atoms with Crippen molar-refractivity contribution >= 4 is 5.69 Å². The molecule has 6 heteroatoms. The molecular formula is C13H11N5O. The van der Waals surface area contributed by atoms with E-state index in [4.69, 9.17) is 4.52 Å². The highest BCUT2D eigenvalue weighted by atomic mass is 16.5. The zero-order valence-corrected chi connectivity index (χ0v) is 10.2. The van der Waals surface area contributed by atoms with Crippen LogP contribution in [0, 0.1) is 0 Å². The third kappa shape index (κ3) is 2.15. The first kappa shape index (κ1) is 11.3. The first-order valence-electron chi connectivity index (χ1n) is 5.76. The minimum atomic E-state index is 0.448. The van der Waals surface area contributed by atoms with Gasteiger partial charge < -0.3 is 9.84 Å². The van der Waals surface area contributed by atoms with Gasteiger partial charge in [0.2, 0.25) is 5.82 Å². The summed E-state index contributed by atoms with van der Waals surface area (Å²) < 4.78 is 5.29. The maximum Gasteiger partial charge on any atom is 0.260 e. The lowest BCUT2D eigenvalue weighted by atomic mass is 10.2. The first-order chi connectivity index (χ1) is 9.38. The van der Waals surface area contributed by atoms with Crippen molar-refractivity contribution < 1.29 is 4.52 Å². The molecule has 0 saturated heterocycles. The van der Waals surface area contributed by atoms with Crippen LogP contribution in [-0.2, 0) is 0 Å². The van der Waals surface area contributed by atoms with Crippen LogP contribution < -0.4 is 5.32 Å². The van der Waals surface area contributed by atoms with E-state index in [9.17, 15) is 0 Å². The van der Waals surface area contributed by atoms with Crippen molar-refractivity contribution in [2.45, 2.75) is 0 Å². The van der Waals surface area contributed by atoms with Gasteiger partial charge in [-0.15, -0.1) is 0 Å². The Balaban J connectivity index is 2.02. The summed E-state index contributed by atoms with van der Waals surface area (Å²) in [4.78, 5) is 12.3. The Kier molecular flexibility index (Phi) is 2.89. The Morgan fingerprint density at radius 3 is 2.84 bits per heavy atom. The highest BCUT2D eigenvalue weighted by Gasteiger charge is 2.13. The Morgan fingerprint density at radius 2 is 2.05 bits per heavy atom. The lowest BCUT2D eigenvalue weighted by molar-refractivity contribution is 0.432. The molecule has 0 fully saturated rings. The summed E-state index contributed by atoms with van der Waals surface area (Å²) >= 11 is 0. The molecule has 3 rings (SSSR count). The van der Waals surface area contributed by atoms with Gasteiger partial charge in [-0.3, -0.25) is 0 Å². The molecule has 1 aromatic carbocycles. The zero-order chi connectivity index (χ0) is 13.1. The molecule has 0 amide bonds. The van der Waals surface area contributed by atoms with E-state index in [-0.39, 0.29) is 0 Å². The highest BCUT2D eigenvalue weighted by molar-refractivity contribution is 5.72. The van der Waals surface area contributed by atoms with E-state index >= 15 is 0 Å². The maximum atomic E-state index is 5.29. The largest absolute Gasteiger partial charge is 0.387 e. The molecule has 2 heterocycles. The molecular weight excluding hydrogens is 242 g/mol. The summed E-state index contributed by atoms with van der Waals surface area (Å²) in [5.74, 6) is 0.905. The zero-order valence-electron chi connectivity index (χ0n) is 10.2. The molecule has 0 aliphatic heterocycles. The van der Waals surface area contributed by atoms with Crippen molar-refractivity contribution in [3.8, 4) is 23.0 Å². The average molecular weight is 253 g/mol. The summed E-state index contributed by atoms with van der Waals surface area (Å²) in [6, 6.07) is 9.47. The van der Waals surface area contributed by atoms with E-state index in [0.29, 0.717) is 17.4 Å². The minimum Gasteiger partial charge on any atom is -0.387 e. The summed E-state index contributed by atoms with van der Waals surface area (Å²) in [5, 5.41) is 7.02. The van der Waals surface area contributed by atoms with Crippen LogP contribution >= 0.6 is 0 Å². The Labute approximate surface area is 109 Å². The lowest BCUT2D eigenvalue weighted by Gasteiger charge is -2.03. The van der Waals surface area contributed by atoms with Crippen LogP contribution in [0.2, 0.25) is 0 Å². The van der Waals surface area contributed by atoms with Gasteiger partial charge in [0.1, 0.15) is 12.0 Å². The van der Waals surface area contributed by atoms with Crippen LogP contribution in [0.1, 0.15) is 0 Å². The maximum absolute atomic E-state index is 5.29. The third-order valence-corrected chi connectivity index (χ3v) is 2.66. The summed E-state index contributed by atoms with van der Waals surface area (Å²) in [5.41, 5.74) is 2.42. The molecule has 0 aliphatic carbocycles. The molecule has 19 heavy (non-hydrogen) atoms. The summed E-state index contributed by atoms with van der Waals surface area (Å²) in [7, 11) is 1.85. The first-order valence-corrected chi connectivity index (χ1v) is 5.76. The normalized spacial score (nSPS) is 10.4. The van der Waals surface area contributed by atoms with Gasteiger partial charge >= 0.3 is 0 Å². The van der Waals surface area contributed by atoms with E-state index in [2.05, 4.69) is 25.4 Å². The van der Waals surface area contributed by atoms with E-state index in [0.717, 1.165) is 11.3 Å². The van der Waals surface area contributed by atoms with Crippen molar-refractivity contribution in [1.82, 2.24) is 20.1 Å². The van der Waals surface area contributed by atoms with Gasteiger partial charge in [-0.2, -0.15) is 4.98 Å². The fraction of sp³-hybridized carbons (Fsp3) is 0.0769. The van der Waals surface area contributed by atoms with Gasteiger partial charge in [0.05, 0.1) is 5.56 Å². The van der Waals surface area contributed by atoms with Gasteiger partial charge in [-0.25, -0.2) is 9.97 Å². The minimum absolute atomic E-state index is 0.448. The van der Waals surface area contributed by atoms with Gasteiger partial charge in [-0.1, -0.05) is 17.3 Å². The second-order valence-electron chi connectivity index (χ2n) is 3.81. The number of benzene rings is 1. The molecule has 0 radical (unpaired) electrons. The van der Waals surface area contributed by atoms with Crippen LogP contribution in [0.4, 0.5) is 5.69 Å². The van der Waals surface area contributed by atoms with Crippen LogP contribution in [0.25, 0.3) is 23.0 Å². The predicted molar refractivity (Wildman–Crippen MR) is 70.3 cm³/mol. The standard InChI is InChI=1S/C13H11N5O/c1-14-10-5-3-2-4-9(10)13-17-12(18-19-13)11-6-7-15-8-16-11/h2-8,14H,1H3. The number of nitrogens with zero attached hydrogens (tertiary/aromatic N) is 4. The van der Waals surface area contributed by atoms with Gasteiger partial charge in [-0.05, 0) is 18.2 Å².